The summed E-state index contributed by atoms with van der Waals surface area (Å²) in [5.74, 6) is 0.398. The van der Waals surface area contributed by atoms with Gasteiger partial charge in [-0.15, -0.1) is 0 Å². The molecule has 0 aromatic carbocycles. The highest BCUT2D eigenvalue weighted by Gasteiger charge is 2.36. The van der Waals surface area contributed by atoms with Crippen LogP contribution in [0.1, 0.15) is 26.7 Å². The lowest BCUT2D eigenvalue weighted by molar-refractivity contribution is -0.127. The number of carbonyl (C=O) groups excluding carboxylic acids is 1. The van der Waals surface area contributed by atoms with E-state index in [1.54, 1.807) is 4.90 Å². The molecule has 1 heterocycles. The quantitative estimate of drug-likeness (QED) is 0.708. The van der Waals surface area contributed by atoms with Gasteiger partial charge in [0.15, 0.2) is 0 Å². The highest BCUT2D eigenvalue weighted by molar-refractivity contribution is 8.14. The van der Waals surface area contributed by atoms with E-state index < -0.39 is 14.3 Å². The van der Waals surface area contributed by atoms with Gasteiger partial charge in [-0.3, -0.25) is 4.79 Å². The molecule has 1 unspecified atom stereocenters. The zero-order chi connectivity index (χ0) is 11.6. The Hall–Kier alpha value is -0.290. The van der Waals surface area contributed by atoms with Gasteiger partial charge in [-0.1, -0.05) is 13.8 Å². The van der Waals surface area contributed by atoms with Crippen molar-refractivity contribution in [2.45, 2.75) is 31.9 Å². The number of hydrogen-bond donors (Lipinski definition) is 0. The number of halogens is 1. The fourth-order valence-electron chi connectivity index (χ4n) is 1.55. The van der Waals surface area contributed by atoms with Crippen molar-refractivity contribution in [1.82, 2.24) is 4.90 Å². The van der Waals surface area contributed by atoms with Crippen LogP contribution in [0.15, 0.2) is 0 Å². The van der Waals surface area contributed by atoms with Crippen molar-refractivity contribution in [2.75, 3.05) is 13.1 Å². The zero-order valence-corrected chi connectivity index (χ0v) is 10.5. The summed E-state index contributed by atoms with van der Waals surface area (Å²) in [6.45, 7) is 5.00. The molecule has 15 heavy (non-hydrogen) atoms. The van der Waals surface area contributed by atoms with Gasteiger partial charge < -0.3 is 4.90 Å². The van der Waals surface area contributed by atoms with Crippen molar-refractivity contribution >= 4 is 25.6 Å². The average molecular weight is 254 g/mol. The molecule has 0 spiro atoms. The molecule has 1 saturated heterocycles. The molecule has 1 amide bonds. The van der Waals surface area contributed by atoms with Crippen LogP contribution < -0.4 is 0 Å². The molecule has 1 rings (SSSR count). The largest absolute Gasteiger partial charge is 0.341 e. The van der Waals surface area contributed by atoms with Crippen LogP contribution in [0, 0.1) is 5.92 Å². The third-order valence-electron chi connectivity index (χ3n) is 2.55. The zero-order valence-electron chi connectivity index (χ0n) is 8.94. The monoisotopic (exact) mass is 253 g/mol. The summed E-state index contributed by atoms with van der Waals surface area (Å²) in [5, 5.41) is -0.723. The van der Waals surface area contributed by atoms with E-state index in [1.807, 2.05) is 0 Å². The number of carbonyl (C=O) groups is 1. The molecule has 0 saturated carbocycles. The van der Waals surface area contributed by atoms with Crippen LogP contribution in [-0.4, -0.2) is 37.6 Å². The summed E-state index contributed by atoms with van der Waals surface area (Å²) < 4.78 is 22.1. The smallest absolute Gasteiger partial charge is 0.237 e. The third-order valence-corrected chi connectivity index (χ3v) is 4.42. The van der Waals surface area contributed by atoms with Gasteiger partial charge in [0, 0.05) is 30.2 Å². The van der Waals surface area contributed by atoms with Crippen molar-refractivity contribution in [1.29, 1.82) is 0 Å². The molecule has 4 nitrogen and oxygen atoms in total. The van der Waals surface area contributed by atoms with Crippen LogP contribution in [0.2, 0.25) is 0 Å². The van der Waals surface area contributed by atoms with E-state index in [2.05, 4.69) is 13.8 Å². The van der Waals surface area contributed by atoms with E-state index in [-0.39, 0.29) is 18.9 Å². The molecule has 1 fully saturated rings. The van der Waals surface area contributed by atoms with Crippen molar-refractivity contribution in [3.8, 4) is 0 Å². The molecule has 0 aromatic rings. The topological polar surface area (TPSA) is 54.5 Å². The molecular formula is C9H16ClNO3S. The molecule has 0 bridgehead atoms. The lowest BCUT2D eigenvalue weighted by Gasteiger charge is -2.17. The molecule has 1 aliphatic rings. The Labute approximate surface area is 95.0 Å². The fraction of sp³-hybridized carbons (Fsp3) is 0.889. The maximum Gasteiger partial charge on any atom is 0.237 e. The van der Waals surface area contributed by atoms with Crippen molar-refractivity contribution < 1.29 is 13.2 Å². The first-order chi connectivity index (χ1) is 6.80. The van der Waals surface area contributed by atoms with Crippen molar-refractivity contribution in [3.05, 3.63) is 0 Å². The number of amides is 1. The Morgan fingerprint density at radius 2 is 2.13 bits per heavy atom. The molecular weight excluding hydrogens is 238 g/mol. The first-order valence-electron chi connectivity index (χ1n) is 5.02. The molecule has 1 aliphatic heterocycles. The minimum atomic E-state index is -3.60. The van der Waals surface area contributed by atoms with Crippen LogP contribution in [0.5, 0.6) is 0 Å². The van der Waals surface area contributed by atoms with E-state index in [4.69, 9.17) is 10.7 Å². The minimum Gasteiger partial charge on any atom is -0.341 e. The van der Waals surface area contributed by atoms with Gasteiger partial charge in [0.25, 0.3) is 0 Å². The summed E-state index contributed by atoms with van der Waals surface area (Å²) in [6, 6.07) is 0. The summed E-state index contributed by atoms with van der Waals surface area (Å²) in [5.41, 5.74) is 0. The van der Waals surface area contributed by atoms with E-state index in [9.17, 15) is 13.2 Å². The SMILES string of the molecule is CC(C)CCN1CC(S(=O)(=O)Cl)CC1=O. The Bertz CT molecular complexity index is 339. The Balaban J connectivity index is 2.54. The Kier molecular flexibility index (Phi) is 4.00. The number of rotatable bonds is 4. The predicted molar refractivity (Wildman–Crippen MR) is 59.2 cm³/mol. The summed E-state index contributed by atoms with van der Waals surface area (Å²) in [4.78, 5) is 13.0. The standard InChI is InChI=1S/C9H16ClNO3S/c1-7(2)3-4-11-6-8(5-9(11)12)15(10,13)14/h7-8H,3-6H2,1-2H3. The number of likely N-dealkylation sites (tertiary alicyclic amines) is 1. The molecule has 0 aliphatic carbocycles. The molecule has 6 heteroatoms. The van der Waals surface area contributed by atoms with Gasteiger partial charge in [0.05, 0.1) is 0 Å². The van der Waals surface area contributed by atoms with Crippen LogP contribution >= 0.6 is 10.7 Å². The van der Waals surface area contributed by atoms with Gasteiger partial charge in [-0.05, 0) is 12.3 Å². The molecule has 88 valence electrons. The maximum absolute atomic E-state index is 11.4. The van der Waals surface area contributed by atoms with Crippen molar-refractivity contribution in [3.63, 3.8) is 0 Å². The highest BCUT2D eigenvalue weighted by atomic mass is 35.7. The second-order valence-corrected chi connectivity index (χ2v) is 7.23. The van der Waals surface area contributed by atoms with Gasteiger partial charge in [-0.2, -0.15) is 0 Å². The van der Waals surface area contributed by atoms with E-state index in [0.717, 1.165) is 6.42 Å². The molecule has 1 atom stereocenters. The first kappa shape index (κ1) is 12.8. The normalized spacial score (nSPS) is 22.8. The van der Waals surface area contributed by atoms with E-state index in [0.29, 0.717) is 12.5 Å². The lowest BCUT2D eigenvalue weighted by Crippen LogP contribution is -2.28. The Morgan fingerprint density at radius 1 is 1.53 bits per heavy atom. The first-order valence-corrected chi connectivity index (χ1v) is 7.39. The van der Waals surface area contributed by atoms with Crippen LogP contribution in [0.3, 0.4) is 0 Å². The minimum absolute atomic E-state index is 0.0317. The van der Waals surface area contributed by atoms with Gasteiger partial charge in [-0.25, -0.2) is 8.42 Å². The Morgan fingerprint density at radius 3 is 2.53 bits per heavy atom. The predicted octanol–water partition coefficient (Wildman–Crippen LogP) is 1.20. The maximum atomic E-state index is 11.4. The number of nitrogens with zero attached hydrogens (tertiary/aromatic N) is 1. The fourth-order valence-corrected chi connectivity index (χ4v) is 2.61. The average Bonchev–Trinajstić information content (AvgIpc) is 2.42. The van der Waals surface area contributed by atoms with Gasteiger partial charge >= 0.3 is 0 Å². The van der Waals surface area contributed by atoms with Crippen molar-refractivity contribution in [2.24, 2.45) is 5.92 Å². The summed E-state index contributed by atoms with van der Waals surface area (Å²) >= 11 is 0. The third kappa shape index (κ3) is 3.65. The van der Waals surface area contributed by atoms with Gasteiger partial charge in [0.1, 0.15) is 5.25 Å². The summed E-state index contributed by atoms with van der Waals surface area (Å²) in [6.07, 6.45) is 0.921. The second kappa shape index (κ2) is 4.70. The van der Waals surface area contributed by atoms with Crippen LogP contribution in [0.4, 0.5) is 0 Å². The lowest BCUT2D eigenvalue weighted by atomic mass is 10.1. The highest BCUT2D eigenvalue weighted by Crippen LogP contribution is 2.21. The molecule has 0 radical (unpaired) electrons. The number of hydrogen-bond acceptors (Lipinski definition) is 3. The molecule has 0 N–H and O–H groups in total. The van der Waals surface area contributed by atoms with Gasteiger partial charge in [0.2, 0.25) is 15.0 Å². The van der Waals surface area contributed by atoms with E-state index in [1.165, 1.54) is 0 Å². The van der Waals surface area contributed by atoms with Crippen LogP contribution in [-0.2, 0) is 13.8 Å². The van der Waals surface area contributed by atoms with Crippen LogP contribution in [0.25, 0.3) is 0 Å². The van der Waals surface area contributed by atoms with E-state index >= 15 is 0 Å². The molecule has 0 aromatic heterocycles. The second-order valence-electron chi connectivity index (χ2n) is 4.32. The summed E-state index contributed by atoms with van der Waals surface area (Å²) in [7, 11) is 1.63.